The average Bonchev–Trinajstić information content (AvgIpc) is 2.59. The van der Waals surface area contributed by atoms with Gasteiger partial charge in [0.05, 0.1) is 0 Å². The molecular weight excluding hydrogens is 313 g/mol. The maximum Gasteiger partial charge on any atom is 0.320 e. The van der Waals surface area contributed by atoms with Gasteiger partial charge < -0.3 is 20.3 Å². The van der Waals surface area contributed by atoms with Crippen molar-refractivity contribution in [3.05, 3.63) is 59.7 Å². The number of carboxylic acid groups (broad SMARTS) is 1. The maximum absolute atomic E-state index is 12.2. The van der Waals surface area contributed by atoms with Gasteiger partial charge in [0.15, 0.2) is 0 Å². The van der Waals surface area contributed by atoms with Crippen LogP contribution in [0.3, 0.4) is 0 Å². The second-order valence-electron chi connectivity index (χ2n) is 5.23. The summed E-state index contributed by atoms with van der Waals surface area (Å²) in [5.74, 6) is -0.116. The second-order valence-corrected chi connectivity index (χ2v) is 5.23. The van der Waals surface area contributed by atoms with Crippen molar-refractivity contribution in [2.45, 2.75) is 19.1 Å². The van der Waals surface area contributed by atoms with Crippen LogP contribution in [0.15, 0.2) is 48.5 Å². The first-order valence-electron chi connectivity index (χ1n) is 7.57. The number of halogens is 1. The van der Waals surface area contributed by atoms with Gasteiger partial charge in [0.2, 0.25) is 0 Å². The molecule has 0 aliphatic carbocycles. The first-order chi connectivity index (χ1) is 11.6. The lowest BCUT2D eigenvalue weighted by molar-refractivity contribution is -0.138. The number of benzene rings is 2. The van der Waals surface area contributed by atoms with Crippen LogP contribution >= 0.6 is 0 Å². The molecule has 3 N–H and O–H groups in total. The zero-order chi connectivity index (χ0) is 17.4. The van der Waals surface area contributed by atoms with Gasteiger partial charge >= 0.3 is 5.97 Å². The summed E-state index contributed by atoms with van der Waals surface area (Å²) in [7, 11) is 0. The van der Waals surface area contributed by atoms with Crippen molar-refractivity contribution >= 4 is 5.97 Å². The molecule has 1 atom stereocenters. The molecule has 6 heteroatoms. The zero-order valence-electron chi connectivity index (χ0n) is 13.2. The smallest absolute Gasteiger partial charge is 0.320 e. The Morgan fingerprint density at radius 2 is 1.92 bits per heavy atom. The van der Waals surface area contributed by atoms with Crippen molar-refractivity contribution < 1.29 is 23.8 Å². The van der Waals surface area contributed by atoms with Crippen molar-refractivity contribution in [1.82, 2.24) is 0 Å². The highest BCUT2D eigenvalue weighted by Crippen LogP contribution is 2.26. The molecule has 0 fully saturated rings. The predicted molar refractivity (Wildman–Crippen MR) is 88.0 cm³/mol. The van der Waals surface area contributed by atoms with E-state index < -0.39 is 18.7 Å². The third-order valence-electron chi connectivity index (χ3n) is 3.37. The summed E-state index contributed by atoms with van der Waals surface area (Å²) in [4.78, 5) is 11.0. The molecule has 24 heavy (non-hydrogen) atoms. The van der Waals surface area contributed by atoms with Crippen LogP contribution in [0.25, 0.3) is 0 Å². The first-order valence-corrected chi connectivity index (χ1v) is 7.57. The Kier molecular flexibility index (Phi) is 6.57. The average molecular weight is 333 g/mol. The molecule has 0 radical (unpaired) electrons. The van der Waals surface area contributed by atoms with Crippen molar-refractivity contribution in [2.24, 2.45) is 5.73 Å². The minimum absolute atomic E-state index is 0.0609. The zero-order valence-corrected chi connectivity index (χ0v) is 13.2. The van der Waals surface area contributed by atoms with E-state index in [4.69, 9.17) is 20.3 Å². The normalized spacial score (nSPS) is 11.8. The minimum Gasteiger partial charge on any atom is -0.491 e. The van der Waals surface area contributed by atoms with Gasteiger partial charge in [0.1, 0.15) is 37.4 Å². The molecule has 0 saturated heterocycles. The van der Waals surface area contributed by atoms with Crippen molar-refractivity contribution in [2.75, 3.05) is 13.3 Å². The third-order valence-corrected chi connectivity index (χ3v) is 3.37. The van der Waals surface area contributed by atoms with Crippen LogP contribution in [0.5, 0.6) is 11.5 Å². The van der Waals surface area contributed by atoms with Gasteiger partial charge in [0, 0.05) is 6.42 Å². The van der Waals surface area contributed by atoms with E-state index in [-0.39, 0.29) is 13.0 Å². The molecule has 0 aliphatic rings. The first kappa shape index (κ1) is 17.7. The number of carboxylic acids is 1. The molecule has 2 aromatic carbocycles. The molecule has 0 heterocycles. The van der Waals surface area contributed by atoms with Gasteiger partial charge in [0.25, 0.3) is 0 Å². The molecule has 0 aliphatic heterocycles. The third kappa shape index (κ3) is 5.24. The Hall–Kier alpha value is -2.60. The summed E-state index contributed by atoms with van der Waals surface area (Å²) in [6.07, 6.45) is 0.0896. The Bertz CT molecular complexity index is 663. The molecular formula is C18H20FNO4. The van der Waals surface area contributed by atoms with E-state index >= 15 is 0 Å². The van der Waals surface area contributed by atoms with Crippen LogP contribution in [-0.2, 0) is 17.8 Å². The van der Waals surface area contributed by atoms with Crippen LogP contribution < -0.4 is 15.2 Å². The van der Waals surface area contributed by atoms with E-state index in [1.54, 1.807) is 18.2 Å². The van der Waals surface area contributed by atoms with E-state index in [1.807, 2.05) is 30.3 Å². The van der Waals surface area contributed by atoms with Gasteiger partial charge in [-0.25, -0.2) is 4.39 Å². The maximum atomic E-state index is 12.2. The van der Waals surface area contributed by atoms with E-state index in [1.165, 1.54) is 0 Å². The van der Waals surface area contributed by atoms with Gasteiger partial charge in [-0.1, -0.05) is 30.3 Å². The van der Waals surface area contributed by atoms with Crippen LogP contribution in [0.1, 0.15) is 11.1 Å². The number of hydrogen-bond acceptors (Lipinski definition) is 4. The number of ether oxygens (including phenoxy) is 2. The second kappa shape index (κ2) is 8.88. The van der Waals surface area contributed by atoms with Crippen molar-refractivity contribution in [3.63, 3.8) is 0 Å². The molecule has 0 bridgehead atoms. The number of alkyl halides is 1. The molecule has 0 amide bonds. The fourth-order valence-corrected chi connectivity index (χ4v) is 2.16. The lowest BCUT2D eigenvalue weighted by Gasteiger charge is -2.15. The Morgan fingerprint density at radius 1 is 1.17 bits per heavy atom. The SMILES string of the molecule is NC(Cc1cc(OCCF)ccc1OCc1ccccc1)C(=O)O. The van der Waals surface area contributed by atoms with Gasteiger partial charge in [-0.2, -0.15) is 0 Å². The van der Waals surface area contributed by atoms with Crippen LogP contribution in [0.4, 0.5) is 4.39 Å². The summed E-state index contributed by atoms with van der Waals surface area (Å²) in [5, 5.41) is 9.01. The van der Waals surface area contributed by atoms with Crippen LogP contribution in [0, 0.1) is 0 Å². The largest absolute Gasteiger partial charge is 0.491 e. The monoisotopic (exact) mass is 333 g/mol. The Labute approximate surface area is 139 Å². The van der Waals surface area contributed by atoms with E-state index in [9.17, 15) is 9.18 Å². The summed E-state index contributed by atoms with van der Waals surface area (Å²) in [5.41, 5.74) is 7.22. The fourth-order valence-electron chi connectivity index (χ4n) is 2.16. The molecule has 5 nitrogen and oxygen atoms in total. The number of hydrogen-bond donors (Lipinski definition) is 2. The standard InChI is InChI=1S/C18H20FNO4/c19-8-9-23-15-6-7-17(14(10-15)11-16(20)18(21)22)24-12-13-4-2-1-3-5-13/h1-7,10,16H,8-9,11-12,20H2,(H,21,22). The topological polar surface area (TPSA) is 81.8 Å². The van der Waals surface area contributed by atoms with Gasteiger partial charge in [-0.15, -0.1) is 0 Å². The molecule has 0 aromatic heterocycles. The Balaban J connectivity index is 2.15. The number of nitrogens with two attached hydrogens (primary N) is 1. The number of carbonyl (C=O) groups is 1. The molecule has 0 spiro atoms. The summed E-state index contributed by atoms with van der Waals surface area (Å²) in [6, 6.07) is 13.5. The van der Waals surface area contributed by atoms with E-state index in [2.05, 4.69) is 0 Å². The van der Waals surface area contributed by atoms with Crippen LogP contribution in [-0.4, -0.2) is 30.4 Å². The summed E-state index contributed by atoms with van der Waals surface area (Å²) < 4.78 is 23.3. The molecule has 1 unspecified atom stereocenters. The van der Waals surface area contributed by atoms with Gasteiger partial charge in [-0.3, -0.25) is 4.79 Å². The fraction of sp³-hybridized carbons (Fsp3) is 0.278. The highest BCUT2D eigenvalue weighted by atomic mass is 19.1. The highest BCUT2D eigenvalue weighted by molar-refractivity contribution is 5.73. The number of aliphatic carboxylic acids is 1. The minimum atomic E-state index is -1.10. The quantitative estimate of drug-likeness (QED) is 0.737. The van der Waals surface area contributed by atoms with Crippen molar-refractivity contribution in [1.29, 1.82) is 0 Å². The highest BCUT2D eigenvalue weighted by Gasteiger charge is 2.16. The van der Waals surface area contributed by atoms with Crippen molar-refractivity contribution in [3.8, 4) is 11.5 Å². The van der Waals surface area contributed by atoms with Crippen LogP contribution in [0.2, 0.25) is 0 Å². The molecule has 2 aromatic rings. The van der Waals surface area contributed by atoms with E-state index in [0.29, 0.717) is 23.7 Å². The molecule has 2 rings (SSSR count). The Morgan fingerprint density at radius 3 is 2.58 bits per heavy atom. The summed E-state index contributed by atoms with van der Waals surface area (Å²) >= 11 is 0. The van der Waals surface area contributed by atoms with E-state index in [0.717, 1.165) is 5.56 Å². The lowest BCUT2D eigenvalue weighted by Crippen LogP contribution is -2.32. The summed E-state index contributed by atoms with van der Waals surface area (Å²) in [6.45, 7) is -0.314. The van der Waals surface area contributed by atoms with Gasteiger partial charge in [-0.05, 0) is 29.3 Å². The molecule has 0 saturated carbocycles. The number of rotatable bonds is 9. The molecule has 128 valence electrons. The predicted octanol–water partition coefficient (Wildman–Crippen LogP) is 2.57. The lowest BCUT2D eigenvalue weighted by atomic mass is 10.1.